The zero-order valence-corrected chi connectivity index (χ0v) is 14.0. The first-order valence-electron chi connectivity index (χ1n) is 7.70. The van der Waals surface area contributed by atoms with Crippen LogP contribution in [0.1, 0.15) is 11.5 Å². The van der Waals surface area contributed by atoms with Crippen molar-refractivity contribution in [2.75, 3.05) is 7.11 Å². The highest BCUT2D eigenvalue weighted by molar-refractivity contribution is 5.92. The van der Waals surface area contributed by atoms with Gasteiger partial charge >= 0.3 is 0 Å². The summed E-state index contributed by atoms with van der Waals surface area (Å²) in [6.07, 6.45) is 5.03. The minimum absolute atomic E-state index is 0.159. The molecule has 3 rings (SSSR count). The Morgan fingerprint density at radius 1 is 1.32 bits per heavy atom. The van der Waals surface area contributed by atoms with Gasteiger partial charge < -0.3 is 19.1 Å². The molecule has 0 aliphatic carbocycles. The topological polar surface area (TPSA) is 82.2 Å². The van der Waals surface area contributed by atoms with Crippen LogP contribution in [0.2, 0.25) is 0 Å². The quantitative estimate of drug-likeness (QED) is 0.698. The van der Waals surface area contributed by atoms with Crippen LogP contribution in [-0.4, -0.2) is 27.7 Å². The minimum atomic E-state index is -0.260. The average molecular weight is 338 g/mol. The molecule has 25 heavy (non-hydrogen) atoms. The van der Waals surface area contributed by atoms with Crippen molar-refractivity contribution in [2.24, 2.45) is 7.05 Å². The Balaban J connectivity index is 1.59. The largest absolute Gasteiger partial charge is 0.496 e. The third-order valence-corrected chi connectivity index (χ3v) is 3.61. The Kier molecular flexibility index (Phi) is 4.94. The highest BCUT2D eigenvalue weighted by atomic mass is 16.5. The molecular weight excluding hydrogens is 320 g/mol. The highest BCUT2D eigenvalue weighted by Gasteiger charge is 2.11. The maximum atomic E-state index is 11.9. The van der Waals surface area contributed by atoms with E-state index in [4.69, 9.17) is 9.26 Å². The molecule has 0 unspecified atom stereocenters. The summed E-state index contributed by atoms with van der Waals surface area (Å²) in [5.74, 6) is 1.27. The number of nitrogens with one attached hydrogen (secondary N) is 1. The zero-order chi connectivity index (χ0) is 17.6. The predicted octanol–water partition coefficient (Wildman–Crippen LogP) is 2.41. The molecule has 7 heteroatoms. The summed E-state index contributed by atoms with van der Waals surface area (Å²) in [6.45, 7) is 0.159. The second-order valence-corrected chi connectivity index (χ2v) is 5.31. The molecule has 1 amide bonds. The predicted molar refractivity (Wildman–Crippen MR) is 92.6 cm³/mol. The lowest BCUT2D eigenvalue weighted by atomic mass is 10.2. The normalized spacial score (nSPS) is 11.0. The number of ether oxygens (including phenoxy) is 1. The summed E-state index contributed by atoms with van der Waals surface area (Å²) in [5, 5.41) is 6.63. The van der Waals surface area contributed by atoms with Gasteiger partial charge in [0.05, 0.1) is 19.3 Å². The van der Waals surface area contributed by atoms with Gasteiger partial charge in [-0.3, -0.25) is 4.79 Å². The molecule has 2 heterocycles. The number of para-hydroxylation sites is 1. The van der Waals surface area contributed by atoms with Crippen molar-refractivity contribution in [3.63, 3.8) is 0 Å². The Hall–Kier alpha value is -3.35. The maximum Gasteiger partial charge on any atom is 0.246 e. The van der Waals surface area contributed by atoms with Gasteiger partial charge in [0, 0.05) is 24.9 Å². The van der Waals surface area contributed by atoms with Crippen molar-refractivity contribution < 1.29 is 14.1 Å². The summed E-state index contributed by atoms with van der Waals surface area (Å²) >= 11 is 0. The molecule has 0 bridgehead atoms. The van der Waals surface area contributed by atoms with E-state index in [1.54, 1.807) is 13.2 Å². The van der Waals surface area contributed by atoms with E-state index >= 15 is 0 Å². The van der Waals surface area contributed by atoms with Gasteiger partial charge in [-0.15, -0.1) is 0 Å². The summed E-state index contributed by atoms with van der Waals surface area (Å²) in [4.78, 5) is 16.2. The molecule has 0 radical (unpaired) electrons. The van der Waals surface area contributed by atoms with Gasteiger partial charge in [-0.1, -0.05) is 23.4 Å². The second kappa shape index (κ2) is 7.48. The molecule has 0 atom stereocenters. The summed E-state index contributed by atoms with van der Waals surface area (Å²) < 4.78 is 12.3. The number of carbonyl (C=O) groups is 1. The highest BCUT2D eigenvalue weighted by Crippen LogP contribution is 2.18. The number of hydrogen-bond acceptors (Lipinski definition) is 5. The number of methoxy groups -OCH3 is 1. The van der Waals surface area contributed by atoms with Gasteiger partial charge in [-0.25, -0.2) is 0 Å². The van der Waals surface area contributed by atoms with E-state index in [2.05, 4.69) is 15.5 Å². The van der Waals surface area contributed by atoms with E-state index in [9.17, 15) is 4.79 Å². The average Bonchev–Trinajstić information content (AvgIpc) is 3.26. The Morgan fingerprint density at radius 3 is 2.92 bits per heavy atom. The SMILES string of the molecule is COc1ccccc1C=CC(=O)NCc1nc(-c2cccn2C)no1. The first-order valence-corrected chi connectivity index (χ1v) is 7.70. The Bertz CT molecular complexity index is 895. The fraction of sp³-hybridized carbons (Fsp3) is 0.167. The molecule has 128 valence electrons. The van der Waals surface area contributed by atoms with Gasteiger partial charge in [0.1, 0.15) is 5.75 Å². The third-order valence-electron chi connectivity index (χ3n) is 3.61. The first-order chi connectivity index (χ1) is 12.2. The molecule has 3 aromatic rings. The zero-order valence-electron chi connectivity index (χ0n) is 14.0. The Labute approximate surface area is 144 Å². The number of nitrogens with zero attached hydrogens (tertiary/aromatic N) is 3. The van der Waals surface area contributed by atoms with Crippen LogP contribution in [0, 0.1) is 0 Å². The molecule has 0 saturated heterocycles. The lowest BCUT2D eigenvalue weighted by Gasteiger charge is -2.03. The molecular formula is C18H18N4O3. The molecule has 1 aromatic carbocycles. The molecule has 0 saturated carbocycles. The summed E-state index contributed by atoms with van der Waals surface area (Å²) in [5.41, 5.74) is 1.67. The van der Waals surface area contributed by atoms with Crippen molar-refractivity contribution in [2.45, 2.75) is 6.54 Å². The third kappa shape index (κ3) is 3.95. The standard InChI is InChI=1S/C18H18N4O3/c1-22-11-5-7-14(22)18-20-17(25-21-18)12-19-16(23)10-9-13-6-3-4-8-15(13)24-2/h3-11H,12H2,1-2H3,(H,19,23). The van der Waals surface area contributed by atoms with Gasteiger partial charge in [-0.05, 0) is 24.3 Å². The lowest BCUT2D eigenvalue weighted by Crippen LogP contribution is -2.20. The van der Waals surface area contributed by atoms with Crippen LogP contribution in [0.25, 0.3) is 17.6 Å². The van der Waals surface area contributed by atoms with Gasteiger partial charge in [0.2, 0.25) is 17.6 Å². The molecule has 0 fully saturated rings. The van der Waals surface area contributed by atoms with E-state index in [1.165, 1.54) is 6.08 Å². The number of aromatic nitrogens is 3. The van der Waals surface area contributed by atoms with Crippen molar-refractivity contribution in [3.05, 3.63) is 60.1 Å². The molecule has 0 spiro atoms. The van der Waals surface area contributed by atoms with E-state index in [-0.39, 0.29) is 12.5 Å². The van der Waals surface area contributed by atoms with Gasteiger partial charge in [-0.2, -0.15) is 4.98 Å². The van der Waals surface area contributed by atoms with Crippen molar-refractivity contribution in [1.29, 1.82) is 0 Å². The summed E-state index contributed by atoms with van der Waals surface area (Å²) in [7, 11) is 3.49. The minimum Gasteiger partial charge on any atom is -0.496 e. The summed E-state index contributed by atoms with van der Waals surface area (Å²) in [6, 6.07) is 11.2. The second-order valence-electron chi connectivity index (χ2n) is 5.31. The Morgan fingerprint density at radius 2 is 2.16 bits per heavy atom. The van der Waals surface area contributed by atoms with Crippen LogP contribution in [0.3, 0.4) is 0 Å². The number of rotatable bonds is 6. The van der Waals surface area contributed by atoms with Crippen LogP contribution in [-0.2, 0) is 18.4 Å². The number of carbonyl (C=O) groups excluding carboxylic acids is 1. The van der Waals surface area contributed by atoms with Crippen LogP contribution < -0.4 is 10.1 Å². The molecule has 0 aliphatic heterocycles. The van der Waals surface area contributed by atoms with Crippen molar-refractivity contribution in [1.82, 2.24) is 20.0 Å². The van der Waals surface area contributed by atoms with Gasteiger partial charge in [0.15, 0.2) is 0 Å². The van der Waals surface area contributed by atoms with Gasteiger partial charge in [0.25, 0.3) is 0 Å². The molecule has 0 aliphatic rings. The number of amides is 1. The smallest absolute Gasteiger partial charge is 0.246 e. The van der Waals surface area contributed by atoms with E-state index in [0.29, 0.717) is 17.5 Å². The fourth-order valence-corrected chi connectivity index (χ4v) is 2.32. The first kappa shape index (κ1) is 16.5. The number of hydrogen-bond donors (Lipinski definition) is 1. The number of benzene rings is 1. The van der Waals surface area contributed by atoms with Crippen LogP contribution in [0.15, 0.2) is 53.2 Å². The van der Waals surface area contributed by atoms with Crippen LogP contribution >= 0.6 is 0 Å². The molecule has 1 N–H and O–H groups in total. The number of aryl methyl sites for hydroxylation is 1. The fourth-order valence-electron chi connectivity index (χ4n) is 2.32. The molecule has 7 nitrogen and oxygen atoms in total. The lowest BCUT2D eigenvalue weighted by molar-refractivity contribution is -0.116. The van der Waals surface area contributed by atoms with Crippen LogP contribution in [0.4, 0.5) is 0 Å². The van der Waals surface area contributed by atoms with Crippen molar-refractivity contribution >= 4 is 12.0 Å². The maximum absolute atomic E-state index is 11.9. The van der Waals surface area contributed by atoms with E-state index in [1.807, 2.05) is 54.2 Å². The molecule has 2 aromatic heterocycles. The van der Waals surface area contributed by atoms with E-state index < -0.39 is 0 Å². The van der Waals surface area contributed by atoms with Crippen LogP contribution in [0.5, 0.6) is 5.75 Å². The monoisotopic (exact) mass is 338 g/mol. The van der Waals surface area contributed by atoms with E-state index in [0.717, 1.165) is 11.3 Å². The van der Waals surface area contributed by atoms with Crippen molar-refractivity contribution in [3.8, 4) is 17.3 Å².